The van der Waals surface area contributed by atoms with Crippen LogP contribution in [0.15, 0.2) is 42.6 Å². The number of hydrogen-bond donors (Lipinski definition) is 0. The smallest absolute Gasteiger partial charge is 0.0163 e. The first-order chi connectivity index (χ1) is 9.36. The van der Waals surface area contributed by atoms with Crippen LogP contribution in [0.3, 0.4) is 0 Å². The van der Waals surface area contributed by atoms with Gasteiger partial charge in [0.1, 0.15) is 0 Å². The van der Waals surface area contributed by atoms with Gasteiger partial charge in [0.25, 0.3) is 0 Å². The van der Waals surface area contributed by atoms with Crippen molar-refractivity contribution in [3.05, 3.63) is 54.2 Å². The number of fused-ring (bicyclic) bond motifs is 2. The summed E-state index contributed by atoms with van der Waals surface area (Å²) in [4.78, 5) is 4.53. The van der Waals surface area contributed by atoms with E-state index in [1.165, 1.54) is 37.7 Å². The summed E-state index contributed by atoms with van der Waals surface area (Å²) in [6, 6.07) is 15.9. The fourth-order valence-electron chi connectivity index (χ4n) is 4.06. The third-order valence-corrected chi connectivity index (χ3v) is 5.10. The predicted molar refractivity (Wildman–Crippen MR) is 76.8 cm³/mol. The molecule has 1 nitrogen and oxygen atoms in total. The van der Waals surface area contributed by atoms with Crippen LogP contribution >= 0.6 is 0 Å². The normalized spacial score (nSPS) is 27.3. The third-order valence-electron chi connectivity index (χ3n) is 5.10. The summed E-state index contributed by atoms with van der Waals surface area (Å²) in [5, 5.41) is 0. The molecular weight excluding hydrogens is 422 g/mol. The van der Waals surface area contributed by atoms with Gasteiger partial charge in [-0.25, -0.2) is 0 Å². The summed E-state index contributed by atoms with van der Waals surface area (Å²) in [6.45, 7) is 0. The van der Waals surface area contributed by atoms with Crippen LogP contribution in [0.5, 0.6) is 0 Å². The summed E-state index contributed by atoms with van der Waals surface area (Å²) in [7, 11) is 0. The molecule has 1 heterocycles. The van der Waals surface area contributed by atoms with Gasteiger partial charge < -0.3 is 4.98 Å². The zero-order chi connectivity index (χ0) is 12.7. The summed E-state index contributed by atoms with van der Waals surface area (Å²) >= 11 is 0. The second-order valence-electron chi connectivity index (χ2n) is 6.13. The minimum absolute atomic E-state index is 0. The maximum Gasteiger partial charge on any atom is 0.0163 e. The van der Waals surface area contributed by atoms with E-state index in [2.05, 4.69) is 35.3 Å². The van der Waals surface area contributed by atoms with E-state index in [1.54, 1.807) is 0 Å². The SMILES string of the molecule is [Ir].[c-]1ccccc1-c1cc(C23CCC(CC2)C3)ccn1. The summed E-state index contributed by atoms with van der Waals surface area (Å²) < 4.78 is 0. The average Bonchev–Trinajstić information content (AvgIpc) is 3.10. The van der Waals surface area contributed by atoms with Crippen LogP contribution < -0.4 is 0 Å². The van der Waals surface area contributed by atoms with Crippen molar-refractivity contribution in [1.29, 1.82) is 0 Å². The standard InChI is InChI=1S/C18H18N.Ir/c1-2-4-15(5-3-1)17-12-16(8-11-19-17)18-9-6-14(13-18)7-10-18;/h1-4,8,11-12,14H,6-7,9-10,13H2;/q-1;. The largest absolute Gasteiger partial charge is 0.305 e. The van der Waals surface area contributed by atoms with Crippen LogP contribution in [0.4, 0.5) is 0 Å². The first kappa shape index (κ1) is 14.0. The van der Waals surface area contributed by atoms with Crippen molar-refractivity contribution in [3.8, 4) is 11.3 Å². The molecule has 2 aliphatic carbocycles. The van der Waals surface area contributed by atoms with Crippen LogP contribution in [0, 0.1) is 12.0 Å². The molecule has 0 saturated heterocycles. The average molecular weight is 441 g/mol. The molecule has 4 rings (SSSR count). The second kappa shape index (κ2) is 5.42. The molecule has 105 valence electrons. The van der Waals surface area contributed by atoms with Gasteiger partial charge in [-0.05, 0) is 60.8 Å². The van der Waals surface area contributed by atoms with E-state index in [9.17, 15) is 0 Å². The van der Waals surface area contributed by atoms with Crippen LogP contribution in [0.1, 0.15) is 37.7 Å². The van der Waals surface area contributed by atoms with Crippen molar-refractivity contribution >= 4 is 0 Å². The van der Waals surface area contributed by atoms with Gasteiger partial charge in [-0.15, -0.1) is 35.9 Å². The molecule has 1 aromatic carbocycles. The van der Waals surface area contributed by atoms with Gasteiger partial charge in [0.15, 0.2) is 0 Å². The topological polar surface area (TPSA) is 12.9 Å². The molecule has 0 atom stereocenters. The van der Waals surface area contributed by atoms with Crippen molar-refractivity contribution in [2.45, 2.75) is 37.5 Å². The minimum atomic E-state index is 0. The fourth-order valence-corrected chi connectivity index (χ4v) is 4.06. The predicted octanol–water partition coefficient (Wildman–Crippen LogP) is 4.38. The quantitative estimate of drug-likeness (QED) is 0.632. The monoisotopic (exact) mass is 441 g/mol. The Kier molecular flexibility index (Phi) is 3.79. The first-order valence-corrected chi connectivity index (χ1v) is 7.29. The molecule has 0 amide bonds. The zero-order valence-electron chi connectivity index (χ0n) is 11.4. The van der Waals surface area contributed by atoms with Gasteiger partial charge in [0, 0.05) is 26.3 Å². The Labute approximate surface area is 134 Å². The molecule has 0 N–H and O–H groups in total. The van der Waals surface area contributed by atoms with Crippen molar-refractivity contribution in [1.82, 2.24) is 4.98 Å². The number of hydrogen-bond acceptors (Lipinski definition) is 1. The number of rotatable bonds is 2. The zero-order valence-corrected chi connectivity index (χ0v) is 13.8. The number of benzene rings is 1. The van der Waals surface area contributed by atoms with Gasteiger partial charge in [0.05, 0.1) is 0 Å². The molecule has 1 aromatic heterocycles. The van der Waals surface area contributed by atoms with Gasteiger partial charge in [-0.2, -0.15) is 0 Å². The molecule has 0 spiro atoms. The van der Waals surface area contributed by atoms with Crippen LogP contribution in [-0.4, -0.2) is 4.98 Å². The summed E-state index contributed by atoms with van der Waals surface area (Å²) in [6.07, 6.45) is 8.98. The van der Waals surface area contributed by atoms with E-state index < -0.39 is 0 Å². The maximum absolute atomic E-state index is 4.53. The van der Waals surface area contributed by atoms with E-state index in [0.717, 1.165) is 17.2 Å². The van der Waals surface area contributed by atoms with Crippen LogP contribution in [0.25, 0.3) is 11.3 Å². The molecule has 20 heavy (non-hydrogen) atoms. The Morgan fingerprint density at radius 3 is 2.65 bits per heavy atom. The van der Waals surface area contributed by atoms with Gasteiger partial charge >= 0.3 is 0 Å². The van der Waals surface area contributed by atoms with Crippen molar-refractivity contribution in [2.75, 3.05) is 0 Å². The Morgan fingerprint density at radius 1 is 1.15 bits per heavy atom. The number of aromatic nitrogens is 1. The Bertz CT molecular complexity index is 585. The van der Waals surface area contributed by atoms with Gasteiger partial charge in [-0.1, -0.05) is 6.07 Å². The molecule has 1 radical (unpaired) electrons. The fraction of sp³-hybridized carbons (Fsp3) is 0.389. The Morgan fingerprint density at radius 2 is 2.00 bits per heavy atom. The van der Waals surface area contributed by atoms with Crippen LogP contribution in [-0.2, 0) is 25.5 Å². The minimum Gasteiger partial charge on any atom is -0.305 e. The summed E-state index contributed by atoms with van der Waals surface area (Å²) in [5.41, 5.74) is 4.16. The Balaban J connectivity index is 0.00000121. The van der Waals surface area contributed by atoms with Crippen molar-refractivity contribution in [2.24, 2.45) is 5.92 Å². The molecule has 0 aliphatic heterocycles. The molecule has 2 heteroatoms. The molecule has 0 unspecified atom stereocenters. The molecule has 2 saturated carbocycles. The third kappa shape index (κ3) is 2.25. The second-order valence-corrected chi connectivity index (χ2v) is 6.13. The molecule has 2 aliphatic rings. The van der Waals surface area contributed by atoms with Gasteiger partial charge in [0.2, 0.25) is 0 Å². The van der Waals surface area contributed by atoms with Crippen molar-refractivity contribution < 1.29 is 20.1 Å². The van der Waals surface area contributed by atoms with Crippen LogP contribution in [0.2, 0.25) is 0 Å². The Hall–Kier alpha value is -0.981. The summed E-state index contributed by atoms with van der Waals surface area (Å²) in [5.74, 6) is 0.986. The van der Waals surface area contributed by atoms with Gasteiger partial charge in [-0.3, -0.25) is 0 Å². The van der Waals surface area contributed by atoms with E-state index in [1.807, 2.05) is 18.3 Å². The maximum atomic E-state index is 4.53. The van der Waals surface area contributed by atoms with E-state index in [4.69, 9.17) is 0 Å². The van der Waals surface area contributed by atoms with E-state index in [-0.39, 0.29) is 20.1 Å². The molecule has 2 aromatic rings. The number of pyridine rings is 1. The van der Waals surface area contributed by atoms with E-state index >= 15 is 0 Å². The molecule has 2 bridgehead atoms. The molecular formula is C18H18IrN-. The first-order valence-electron chi connectivity index (χ1n) is 7.29. The molecule has 2 fully saturated rings. The number of nitrogens with zero attached hydrogens (tertiary/aromatic N) is 1. The van der Waals surface area contributed by atoms with E-state index in [0.29, 0.717) is 5.41 Å². The van der Waals surface area contributed by atoms with Crippen molar-refractivity contribution in [3.63, 3.8) is 0 Å².